The van der Waals surface area contributed by atoms with Crippen molar-refractivity contribution in [1.29, 1.82) is 0 Å². The molecule has 4 nitrogen and oxygen atoms in total. The van der Waals surface area contributed by atoms with Crippen molar-refractivity contribution in [2.75, 3.05) is 16.8 Å². The largest absolute Gasteiger partial charge is 0.369 e. The van der Waals surface area contributed by atoms with E-state index in [1.807, 2.05) is 12.1 Å². The van der Waals surface area contributed by atoms with Crippen LogP contribution in [-0.4, -0.2) is 24.3 Å². The van der Waals surface area contributed by atoms with Crippen LogP contribution in [0.15, 0.2) is 18.2 Å². The third-order valence-electron chi connectivity index (χ3n) is 3.00. The number of rotatable bonds is 3. The molecule has 0 atom stereocenters. The second-order valence-corrected chi connectivity index (χ2v) is 4.39. The zero-order valence-corrected chi connectivity index (χ0v) is 10.3. The lowest BCUT2D eigenvalue weighted by molar-refractivity contribution is -0.112. The Hall–Kier alpha value is -1.84. The molecule has 1 aromatic rings. The van der Waals surface area contributed by atoms with E-state index in [0.717, 1.165) is 12.2 Å². The summed E-state index contributed by atoms with van der Waals surface area (Å²) in [5.74, 6) is -0.983. The van der Waals surface area contributed by atoms with Gasteiger partial charge in [-0.3, -0.25) is 9.59 Å². The first kappa shape index (κ1) is 11.6. The highest BCUT2D eigenvalue weighted by Crippen LogP contribution is 2.29. The fraction of sp³-hybridized carbons (Fsp3) is 0.385. The summed E-state index contributed by atoms with van der Waals surface area (Å²) in [6, 6.07) is 5.85. The summed E-state index contributed by atoms with van der Waals surface area (Å²) in [5.41, 5.74) is 2.12. The van der Waals surface area contributed by atoms with E-state index in [0.29, 0.717) is 17.3 Å². The number of hydrogen-bond acceptors (Lipinski definition) is 3. The Morgan fingerprint density at radius 3 is 2.59 bits per heavy atom. The van der Waals surface area contributed by atoms with Gasteiger partial charge >= 0.3 is 0 Å². The van der Waals surface area contributed by atoms with Crippen LogP contribution in [-0.2, 0) is 4.79 Å². The Kier molecular flexibility index (Phi) is 2.88. The lowest BCUT2D eigenvalue weighted by Crippen LogP contribution is -2.30. The van der Waals surface area contributed by atoms with Crippen LogP contribution in [0, 0.1) is 0 Å². The zero-order chi connectivity index (χ0) is 12.6. The monoisotopic (exact) mass is 232 g/mol. The zero-order valence-electron chi connectivity index (χ0n) is 10.3. The van der Waals surface area contributed by atoms with E-state index < -0.39 is 11.7 Å². The van der Waals surface area contributed by atoms with Gasteiger partial charge in [-0.2, -0.15) is 0 Å². The quantitative estimate of drug-likeness (QED) is 0.811. The van der Waals surface area contributed by atoms with E-state index in [1.54, 1.807) is 6.07 Å². The Morgan fingerprint density at radius 2 is 2.00 bits per heavy atom. The lowest BCUT2D eigenvalue weighted by atomic mass is 10.1. The van der Waals surface area contributed by atoms with Gasteiger partial charge in [0.05, 0.1) is 11.3 Å². The van der Waals surface area contributed by atoms with Crippen molar-refractivity contribution >= 4 is 23.1 Å². The van der Waals surface area contributed by atoms with Gasteiger partial charge in [0.15, 0.2) is 0 Å². The molecule has 1 amide bonds. The van der Waals surface area contributed by atoms with Crippen molar-refractivity contribution in [2.24, 2.45) is 0 Å². The van der Waals surface area contributed by atoms with E-state index >= 15 is 0 Å². The molecule has 1 N–H and O–H groups in total. The summed E-state index contributed by atoms with van der Waals surface area (Å²) in [6.07, 6.45) is 0. The smallest absolute Gasteiger partial charge is 0.296 e. The standard InChI is InChI=1S/C13H16N2O2/c1-4-15(8(2)3)9-5-6-10-11(7-9)14-13(17)12(10)16/h5-8H,4H2,1-3H3,(H,14,16,17). The number of anilines is 2. The molecule has 4 heteroatoms. The number of carbonyl (C=O) groups excluding carboxylic acids is 2. The van der Waals surface area contributed by atoms with Gasteiger partial charge in [0.2, 0.25) is 0 Å². The summed E-state index contributed by atoms with van der Waals surface area (Å²) < 4.78 is 0. The van der Waals surface area contributed by atoms with E-state index in [2.05, 4.69) is 31.0 Å². The van der Waals surface area contributed by atoms with Crippen molar-refractivity contribution in [3.05, 3.63) is 23.8 Å². The van der Waals surface area contributed by atoms with Crippen LogP contribution in [0.1, 0.15) is 31.1 Å². The van der Waals surface area contributed by atoms with Crippen LogP contribution in [0.2, 0.25) is 0 Å². The molecule has 1 heterocycles. The second-order valence-electron chi connectivity index (χ2n) is 4.39. The Morgan fingerprint density at radius 1 is 1.29 bits per heavy atom. The molecule has 90 valence electrons. The number of benzene rings is 1. The van der Waals surface area contributed by atoms with Gasteiger partial charge in [0.25, 0.3) is 11.7 Å². The Bertz CT molecular complexity index is 480. The Balaban J connectivity index is 2.39. The summed E-state index contributed by atoms with van der Waals surface area (Å²) in [5, 5.41) is 2.59. The molecule has 0 fully saturated rings. The molecule has 1 aliphatic heterocycles. The topological polar surface area (TPSA) is 49.4 Å². The first-order chi connectivity index (χ1) is 8.04. The molecular formula is C13H16N2O2. The molecule has 0 radical (unpaired) electrons. The highest BCUT2D eigenvalue weighted by molar-refractivity contribution is 6.51. The number of Topliss-reactive ketones (excluding diaryl/α,β-unsaturated/α-hetero) is 1. The minimum absolute atomic E-state index is 0.380. The Labute approximate surface area is 101 Å². The molecule has 0 bridgehead atoms. The van der Waals surface area contributed by atoms with Gasteiger partial charge < -0.3 is 10.2 Å². The summed E-state index contributed by atoms with van der Waals surface area (Å²) in [4.78, 5) is 24.9. The minimum Gasteiger partial charge on any atom is -0.369 e. The molecule has 2 rings (SSSR count). The van der Waals surface area contributed by atoms with Crippen molar-refractivity contribution in [2.45, 2.75) is 26.8 Å². The van der Waals surface area contributed by atoms with E-state index in [4.69, 9.17) is 0 Å². The van der Waals surface area contributed by atoms with Crippen LogP contribution in [0.4, 0.5) is 11.4 Å². The molecule has 0 saturated heterocycles. The molecule has 17 heavy (non-hydrogen) atoms. The maximum absolute atomic E-state index is 11.5. The number of hydrogen-bond donors (Lipinski definition) is 1. The number of carbonyl (C=O) groups is 2. The molecule has 0 aliphatic carbocycles. The number of amides is 1. The van der Waals surface area contributed by atoms with Crippen LogP contribution in [0.3, 0.4) is 0 Å². The summed E-state index contributed by atoms with van der Waals surface area (Å²) >= 11 is 0. The lowest BCUT2D eigenvalue weighted by Gasteiger charge is -2.27. The van der Waals surface area contributed by atoms with E-state index in [-0.39, 0.29) is 0 Å². The number of nitrogens with one attached hydrogen (secondary N) is 1. The highest BCUT2D eigenvalue weighted by atomic mass is 16.2. The SMILES string of the molecule is CCN(c1ccc2c(c1)NC(=O)C2=O)C(C)C. The maximum atomic E-state index is 11.5. The van der Waals surface area contributed by atoms with Gasteiger partial charge in [0.1, 0.15) is 0 Å². The van der Waals surface area contributed by atoms with Crippen LogP contribution >= 0.6 is 0 Å². The van der Waals surface area contributed by atoms with Gasteiger partial charge in [-0.15, -0.1) is 0 Å². The van der Waals surface area contributed by atoms with Crippen molar-refractivity contribution in [3.63, 3.8) is 0 Å². The molecule has 0 aromatic heterocycles. The fourth-order valence-corrected chi connectivity index (χ4v) is 2.16. The van der Waals surface area contributed by atoms with Crippen LogP contribution in [0.25, 0.3) is 0 Å². The van der Waals surface area contributed by atoms with Crippen molar-refractivity contribution < 1.29 is 9.59 Å². The van der Waals surface area contributed by atoms with Gasteiger partial charge in [0, 0.05) is 18.3 Å². The van der Waals surface area contributed by atoms with Gasteiger partial charge in [-0.1, -0.05) is 0 Å². The van der Waals surface area contributed by atoms with Gasteiger partial charge in [-0.25, -0.2) is 0 Å². The number of ketones is 1. The summed E-state index contributed by atoms with van der Waals surface area (Å²) in [6.45, 7) is 7.19. The molecule has 0 unspecified atom stereocenters. The predicted molar refractivity (Wildman–Crippen MR) is 67.6 cm³/mol. The molecule has 0 saturated carbocycles. The molecule has 0 spiro atoms. The van der Waals surface area contributed by atoms with Crippen molar-refractivity contribution in [3.8, 4) is 0 Å². The number of nitrogens with zero attached hydrogens (tertiary/aromatic N) is 1. The highest BCUT2D eigenvalue weighted by Gasteiger charge is 2.28. The third kappa shape index (κ3) is 1.90. The predicted octanol–water partition coefficient (Wildman–Crippen LogP) is 2.06. The third-order valence-corrected chi connectivity index (χ3v) is 3.00. The molecular weight excluding hydrogens is 216 g/mol. The molecule has 1 aliphatic rings. The van der Waals surface area contributed by atoms with Crippen LogP contribution in [0.5, 0.6) is 0 Å². The van der Waals surface area contributed by atoms with Crippen molar-refractivity contribution in [1.82, 2.24) is 0 Å². The first-order valence-corrected chi connectivity index (χ1v) is 5.81. The average molecular weight is 232 g/mol. The molecule has 1 aromatic carbocycles. The minimum atomic E-state index is -0.537. The average Bonchev–Trinajstić information content (AvgIpc) is 2.55. The maximum Gasteiger partial charge on any atom is 0.296 e. The normalized spacial score (nSPS) is 13.9. The second kappa shape index (κ2) is 4.20. The first-order valence-electron chi connectivity index (χ1n) is 5.81. The van der Waals surface area contributed by atoms with Gasteiger partial charge in [-0.05, 0) is 39.0 Å². The summed E-state index contributed by atoms with van der Waals surface area (Å²) in [7, 11) is 0. The fourth-order valence-electron chi connectivity index (χ4n) is 2.16. The van der Waals surface area contributed by atoms with E-state index in [1.165, 1.54) is 0 Å². The number of fused-ring (bicyclic) bond motifs is 1. The van der Waals surface area contributed by atoms with Crippen LogP contribution < -0.4 is 10.2 Å². The van der Waals surface area contributed by atoms with E-state index in [9.17, 15) is 9.59 Å².